The van der Waals surface area contributed by atoms with Gasteiger partial charge in [0, 0.05) is 0 Å². The van der Waals surface area contributed by atoms with Crippen LogP contribution in [0.3, 0.4) is 0 Å². The Balaban J connectivity index is 2.78. The molecule has 1 rings (SSSR count). The lowest BCUT2D eigenvalue weighted by Gasteiger charge is -2.14. The van der Waals surface area contributed by atoms with Crippen molar-refractivity contribution in [3.05, 3.63) is 23.8 Å². The maximum absolute atomic E-state index is 9.42. The molecule has 0 spiro atoms. The summed E-state index contributed by atoms with van der Waals surface area (Å²) in [5.74, 6) is 0.943. The van der Waals surface area contributed by atoms with E-state index in [1.54, 1.807) is 25.1 Å². The highest BCUT2D eigenvalue weighted by Gasteiger charge is 2.10. The van der Waals surface area contributed by atoms with E-state index in [1.807, 2.05) is 0 Å². The Morgan fingerprint density at radius 1 is 1.24 bits per heavy atom. The molecule has 1 aromatic carbocycles. The Bertz CT molecular complexity index is 351. The minimum absolute atomic E-state index is 0.0130. The quantitative estimate of drug-likeness (QED) is 0.676. The van der Waals surface area contributed by atoms with Crippen LogP contribution in [0.25, 0.3) is 0 Å². The minimum Gasteiger partial charge on any atom is -0.493 e. The summed E-state index contributed by atoms with van der Waals surface area (Å²) in [4.78, 5) is 0. The molecule has 0 amide bonds. The van der Waals surface area contributed by atoms with Gasteiger partial charge in [0.15, 0.2) is 11.5 Å². The summed E-state index contributed by atoms with van der Waals surface area (Å²) in [7, 11) is 1.50. The Kier molecular flexibility index (Phi) is 5.21. The summed E-state index contributed by atoms with van der Waals surface area (Å²) in [6.07, 6.45) is -1.50. The number of hydrogen-bond donors (Lipinski definition) is 3. The Morgan fingerprint density at radius 3 is 2.47 bits per heavy atom. The van der Waals surface area contributed by atoms with Crippen molar-refractivity contribution < 1.29 is 24.8 Å². The molecule has 0 aliphatic carbocycles. The van der Waals surface area contributed by atoms with Crippen molar-refractivity contribution in [2.45, 2.75) is 19.1 Å². The smallest absolute Gasteiger partial charge is 0.161 e. The molecule has 0 fully saturated rings. The topological polar surface area (TPSA) is 79.2 Å². The molecule has 3 N–H and O–H groups in total. The third-order valence-electron chi connectivity index (χ3n) is 2.31. The maximum atomic E-state index is 9.42. The highest BCUT2D eigenvalue weighted by Crippen LogP contribution is 2.30. The maximum Gasteiger partial charge on any atom is 0.161 e. The summed E-state index contributed by atoms with van der Waals surface area (Å²) in [6, 6.07) is 5.05. The summed E-state index contributed by atoms with van der Waals surface area (Å²) in [5.41, 5.74) is 0.719. The molecular formula is C12H18O5. The van der Waals surface area contributed by atoms with Gasteiger partial charge in [-0.3, -0.25) is 0 Å². The van der Waals surface area contributed by atoms with Crippen LogP contribution in [0.2, 0.25) is 0 Å². The fraction of sp³-hybridized carbons (Fsp3) is 0.500. The molecule has 0 bridgehead atoms. The summed E-state index contributed by atoms with van der Waals surface area (Å²) in [5, 5.41) is 27.3. The van der Waals surface area contributed by atoms with Gasteiger partial charge >= 0.3 is 0 Å². The number of hydrogen-bond acceptors (Lipinski definition) is 5. The number of aliphatic hydroxyl groups is 3. The first kappa shape index (κ1) is 13.8. The molecule has 1 unspecified atom stereocenters. The molecule has 0 radical (unpaired) electrons. The van der Waals surface area contributed by atoms with E-state index in [-0.39, 0.29) is 13.2 Å². The van der Waals surface area contributed by atoms with E-state index < -0.39 is 12.2 Å². The number of benzene rings is 1. The first-order chi connectivity index (χ1) is 8.08. The average Bonchev–Trinajstić information content (AvgIpc) is 2.35. The van der Waals surface area contributed by atoms with Crippen molar-refractivity contribution >= 4 is 0 Å². The van der Waals surface area contributed by atoms with E-state index in [1.165, 1.54) is 7.11 Å². The predicted octanol–water partition coefficient (Wildman–Crippen LogP) is 0.480. The van der Waals surface area contributed by atoms with Crippen LogP contribution in [-0.2, 0) is 0 Å². The molecular weight excluding hydrogens is 224 g/mol. The SMILES string of the molecule is COc1cc([C@@H](C)O)ccc1OCC(O)CO. The largest absolute Gasteiger partial charge is 0.493 e. The van der Waals surface area contributed by atoms with Gasteiger partial charge in [-0.25, -0.2) is 0 Å². The van der Waals surface area contributed by atoms with Gasteiger partial charge in [0.25, 0.3) is 0 Å². The van der Waals surface area contributed by atoms with Gasteiger partial charge in [0.05, 0.1) is 19.8 Å². The second kappa shape index (κ2) is 6.44. The van der Waals surface area contributed by atoms with E-state index in [0.29, 0.717) is 11.5 Å². The molecule has 0 saturated heterocycles. The third-order valence-corrected chi connectivity index (χ3v) is 2.31. The standard InChI is InChI=1S/C12H18O5/c1-8(14)9-3-4-11(12(5-9)16-2)17-7-10(15)6-13/h3-5,8,10,13-15H,6-7H2,1-2H3/t8-,10?/m1/s1. The molecule has 1 aromatic rings. The van der Waals surface area contributed by atoms with Gasteiger partial charge in [0.1, 0.15) is 12.7 Å². The zero-order chi connectivity index (χ0) is 12.8. The summed E-state index contributed by atoms with van der Waals surface area (Å²) in [6.45, 7) is 1.29. The second-order valence-electron chi connectivity index (χ2n) is 3.73. The fourth-order valence-corrected chi connectivity index (χ4v) is 1.30. The summed E-state index contributed by atoms with van der Waals surface area (Å²) >= 11 is 0. The molecule has 5 heteroatoms. The van der Waals surface area contributed by atoms with Gasteiger partial charge in [-0.1, -0.05) is 6.07 Å². The number of methoxy groups -OCH3 is 1. The van der Waals surface area contributed by atoms with Gasteiger partial charge < -0.3 is 24.8 Å². The van der Waals surface area contributed by atoms with Crippen LogP contribution < -0.4 is 9.47 Å². The van der Waals surface area contributed by atoms with Crippen molar-refractivity contribution in [2.24, 2.45) is 0 Å². The van der Waals surface area contributed by atoms with E-state index in [4.69, 9.17) is 19.7 Å². The highest BCUT2D eigenvalue weighted by atomic mass is 16.5. The Labute approximate surface area is 100 Å². The monoisotopic (exact) mass is 242 g/mol. The molecule has 17 heavy (non-hydrogen) atoms. The molecule has 0 saturated carbocycles. The number of aliphatic hydroxyl groups excluding tert-OH is 3. The van der Waals surface area contributed by atoms with E-state index in [9.17, 15) is 5.11 Å². The van der Waals surface area contributed by atoms with E-state index >= 15 is 0 Å². The van der Waals surface area contributed by atoms with Crippen LogP contribution in [0, 0.1) is 0 Å². The lowest BCUT2D eigenvalue weighted by Crippen LogP contribution is -2.21. The minimum atomic E-state index is -0.920. The number of ether oxygens (including phenoxy) is 2. The molecule has 0 aliphatic heterocycles. The second-order valence-corrected chi connectivity index (χ2v) is 3.73. The van der Waals surface area contributed by atoms with Gasteiger partial charge in [-0.05, 0) is 24.6 Å². The van der Waals surface area contributed by atoms with Gasteiger partial charge in [0.2, 0.25) is 0 Å². The molecule has 0 aromatic heterocycles. The van der Waals surface area contributed by atoms with Crippen LogP contribution in [0.1, 0.15) is 18.6 Å². The first-order valence-electron chi connectivity index (χ1n) is 5.36. The van der Waals surface area contributed by atoms with Crippen molar-refractivity contribution in [1.82, 2.24) is 0 Å². The molecule has 0 heterocycles. The molecule has 96 valence electrons. The Morgan fingerprint density at radius 2 is 1.94 bits per heavy atom. The van der Waals surface area contributed by atoms with Gasteiger partial charge in [-0.15, -0.1) is 0 Å². The molecule has 5 nitrogen and oxygen atoms in total. The first-order valence-corrected chi connectivity index (χ1v) is 5.36. The number of rotatable bonds is 6. The normalized spacial score (nSPS) is 14.2. The fourth-order valence-electron chi connectivity index (χ4n) is 1.30. The van der Waals surface area contributed by atoms with Gasteiger partial charge in [-0.2, -0.15) is 0 Å². The van der Waals surface area contributed by atoms with Crippen LogP contribution in [0.15, 0.2) is 18.2 Å². The van der Waals surface area contributed by atoms with Crippen LogP contribution in [-0.4, -0.2) is 41.7 Å². The van der Waals surface area contributed by atoms with Crippen LogP contribution in [0.4, 0.5) is 0 Å². The zero-order valence-electron chi connectivity index (χ0n) is 9.96. The van der Waals surface area contributed by atoms with E-state index in [2.05, 4.69) is 0 Å². The van der Waals surface area contributed by atoms with Crippen LogP contribution >= 0.6 is 0 Å². The average molecular weight is 242 g/mol. The summed E-state index contributed by atoms with van der Waals surface area (Å²) < 4.78 is 10.4. The van der Waals surface area contributed by atoms with E-state index in [0.717, 1.165) is 5.56 Å². The molecule has 2 atom stereocenters. The Hall–Kier alpha value is -1.30. The van der Waals surface area contributed by atoms with Crippen molar-refractivity contribution in [1.29, 1.82) is 0 Å². The van der Waals surface area contributed by atoms with Crippen LogP contribution in [0.5, 0.6) is 11.5 Å². The lowest BCUT2D eigenvalue weighted by atomic mass is 10.1. The van der Waals surface area contributed by atoms with Crippen molar-refractivity contribution in [2.75, 3.05) is 20.3 Å². The molecule has 0 aliphatic rings. The third kappa shape index (κ3) is 3.89. The van der Waals surface area contributed by atoms with Crippen molar-refractivity contribution in [3.63, 3.8) is 0 Å². The highest BCUT2D eigenvalue weighted by molar-refractivity contribution is 5.43. The van der Waals surface area contributed by atoms with Crippen molar-refractivity contribution in [3.8, 4) is 11.5 Å². The zero-order valence-corrected chi connectivity index (χ0v) is 9.96. The predicted molar refractivity (Wildman–Crippen MR) is 62.2 cm³/mol. The lowest BCUT2D eigenvalue weighted by molar-refractivity contribution is 0.0527.